The number of H-pyrrole nitrogens is 1. The van der Waals surface area contributed by atoms with Crippen LogP contribution in [-0.4, -0.2) is 27.8 Å². The predicted octanol–water partition coefficient (Wildman–Crippen LogP) is 3.35. The molecular weight excluding hydrogens is 326 g/mol. The predicted molar refractivity (Wildman–Crippen MR) is 98.9 cm³/mol. The number of fused-ring (bicyclic) bond motifs is 3. The van der Waals surface area contributed by atoms with Gasteiger partial charge in [-0.15, -0.1) is 0 Å². The Balaban J connectivity index is 1.45. The van der Waals surface area contributed by atoms with Gasteiger partial charge in [-0.25, -0.2) is 0 Å². The van der Waals surface area contributed by atoms with Gasteiger partial charge in [0.05, 0.1) is 11.4 Å². The van der Waals surface area contributed by atoms with E-state index in [1.807, 2.05) is 12.1 Å². The van der Waals surface area contributed by atoms with Crippen LogP contribution in [0.1, 0.15) is 35.4 Å². The maximum Gasteiger partial charge on any atom is 0.220 e. The Morgan fingerprint density at radius 1 is 1.12 bits per heavy atom. The number of rotatable bonds is 2. The third kappa shape index (κ3) is 2.39. The van der Waals surface area contributed by atoms with E-state index in [1.54, 1.807) is 6.07 Å². The maximum atomic E-state index is 11.6. The van der Waals surface area contributed by atoms with Gasteiger partial charge in [-0.3, -0.25) is 9.89 Å². The summed E-state index contributed by atoms with van der Waals surface area (Å²) in [6, 6.07) is 13.9. The quantitative estimate of drug-likeness (QED) is 0.521. The molecule has 3 N–H and O–H groups in total. The lowest BCUT2D eigenvalue weighted by Gasteiger charge is -2.22. The van der Waals surface area contributed by atoms with Crippen LogP contribution in [0.5, 0.6) is 5.75 Å². The molecule has 1 saturated heterocycles. The Morgan fingerprint density at radius 2 is 1.96 bits per heavy atom. The van der Waals surface area contributed by atoms with Crippen molar-refractivity contribution in [3.05, 3.63) is 59.2 Å². The highest BCUT2D eigenvalue weighted by Crippen LogP contribution is 2.41. The first-order valence-corrected chi connectivity index (χ1v) is 8.95. The monoisotopic (exact) mass is 345 g/mol. The van der Waals surface area contributed by atoms with Gasteiger partial charge in [-0.05, 0) is 41.7 Å². The average molecular weight is 345 g/mol. The number of phenols is 1. The lowest BCUT2D eigenvalue weighted by atomic mass is 9.89. The van der Waals surface area contributed by atoms with Crippen LogP contribution in [0.4, 0.5) is 0 Å². The van der Waals surface area contributed by atoms with Gasteiger partial charge in [-0.2, -0.15) is 5.10 Å². The number of aromatic hydroxyl groups is 1. The van der Waals surface area contributed by atoms with Gasteiger partial charge in [0, 0.05) is 36.1 Å². The molecule has 130 valence electrons. The molecule has 1 unspecified atom stereocenters. The molecule has 2 aliphatic rings. The zero-order valence-electron chi connectivity index (χ0n) is 14.2. The molecule has 1 aliphatic heterocycles. The fraction of sp³-hybridized carbons (Fsp3) is 0.238. The van der Waals surface area contributed by atoms with E-state index >= 15 is 0 Å². The summed E-state index contributed by atoms with van der Waals surface area (Å²) in [6.45, 7) is 0.753. The summed E-state index contributed by atoms with van der Waals surface area (Å²) in [4.78, 5) is 11.6. The minimum Gasteiger partial charge on any atom is -0.508 e. The first-order valence-electron chi connectivity index (χ1n) is 8.95. The van der Waals surface area contributed by atoms with Crippen LogP contribution in [0.3, 0.4) is 0 Å². The summed E-state index contributed by atoms with van der Waals surface area (Å²) in [5.74, 6) is 0.732. The second kappa shape index (κ2) is 5.73. The zero-order valence-corrected chi connectivity index (χ0v) is 14.2. The van der Waals surface area contributed by atoms with Crippen molar-refractivity contribution in [2.75, 3.05) is 6.54 Å². The SMILES string of the molecule is O=C1CC(c2ccc(-c3n[nH]c4c3Cc3cc(O)ccc3-4)cc2)CCN1. The first-order chi connectivity index (χ1) is 12.7. The Morgan fingerprint density at radius 3 is 2.77 bits per heavy atom. The largest absolute Gasteiger partial charge is 0.508 e. The molecule has 26 heavy (non-hydrogen) atoms. The lowest BCUT2D eigenvalue weighted by molar-refractivity contribution is -0.122. The topological polar surface area (TPSA) is 78.0 Å². The highest BCUT2D eigenvalue weighted by Gasteiger charge is 2.26. The van der Waals surface area contributed by atoms with Crippen molar-refractivity contribution in [2.24, 2.45) is 0 Å². The van der Waals surface area contributed by atoms with E-state index in [2.05, 4.69) is 39.8 Å². The number of phenolic OH excluding ortho intramolecular Hbond substituents is 1. The minimum atomic E-state index is 0.136. The number of piperidine rings is 1. The number of benzene rings is 2. The Labute approximate surface area is 151 Å². The molecule has 5 rings (SSSR count). The number of hydrogen-bond acceptors (Lipinski definition) is 3. The average Bonchev–Trinajstić information content (AvgIpc) is 3.20. The van der Waals surface area contributed by atoms with Gasteiger partial charge in [-0.1, -0.05) is 24.3 Å². The first kappa shape index (κ1) is 15.2. The summed E-state index contributed by atoms with van der Waals surface area (Å²) in [5.41, 5.74) is 7.70. The minimum absolute atomic E-state index is 0.136. The third-order valence-corrected chi connectivity index (χ3v) is 5.49. The van der Waals surface area contributed by atoms with Gasteiger partial charge < -0.3 is 10.4 Å². The smallest absolute Gasteiger partial charge is 0.220 e. The van der Waals surface area contributed by atoms with E-state index in [0.29, 0.717) is 18.1 Å². The second-order valence-electron chi connectivity index (χ2n) is 7.11. The number of nitrogens with one attached hydrogen (secondary N) is 2. The summed E-state index contributed by atoms with van der Waals surface area (Å²) < 4.78 is 0. The van der Waals surface area contributed by atoms with Crippen LogP contribution < -0.4 is 5.32 Å². The molecule has 1 atom stereocenters. The van der Waals surface area contributed by atoms with Gasteiger partial charge in [0.2, 0.25) is 5.91 Å². The van der Waals surface area contributed by atoms with Crippen LogP contribution >= 0.6 is 0 Å². The van der Waals surface area contributed by atoms with Crippen LogP contribution in [0.2, 0.25) is 0 Å². The van der Waals surface area contributed by atoms with E-state index in [4.69, 9.17) is 0 Å². The molecule has 5 heteroatoms. The number of aromatic amines is 1. The van der Waals surface area contributed by atoms with Crippen molar-refractivity contribution in [1.82, 2.24) is 15.5 Å². The Bertz CT molecular complexity index is 1000. The van der Waals surface area contributed by atoms with Crippen molar-refractivity contribution in [2.45, 2.75) is 25.2 Å². The molecule has 0 bridgehead atoms. The van der Waals surface area contributed by atoms with E-state index < -0.39 is 0 Å². The van der Waals surface area contributed by atoms with Crippen molar-refractivity contribution in [1.29, 1.82) is 0 Å². The number of carbonyl (C=O) groups excluding carboxylic acids is 1. The fourth-order valence-corrected chi connectivity index (χ4v) is 4.14. The van der Waals surface area contributed by atoms with Gasteiger partial charge in [0.15, 0.2) is 0 Å². The molecule has 3 aromatic rings. The summed E-state index contributed by atoms with van der Waals surface area (Å²) >= 11 is 0. The van der Waals surface area contributed by atoms with E-state index in [1.165, 1.54) is 11.1 Å². The third-order valence-electron chi connectivity index (χ3n) is 5.49. The Hall–Kier alpha value is -3.08. The number of hydrogen-bond donors (Lipinski definition) is 3. The van der Waals surface area contributed by atoms with Gasteiger partial charge in [0.1, 0.15) is 5.75 Å². The molecule has 5 nitrogen and oxygen atoms in total. The van der Waals surface area contributed by atoms with Crippen LogP contribution in [0.25, 0.3) is 22.5 Å². The molecule has 2 heterocycles. The molecular formula is C21H19N3O2. The fourth-order valence-electron chi connectivity index (χ4n) is 4.14. The maximum absolute atomic E-state index is 11.6. The molecule has 1 fully saturated rings. The number of amides is 1. The molecule has 0 saturated carbocycles. The highest BCUT2D eigenvalue weighted by molar-refractivity contribution is 5.81. The van der Waals surface area contributed by atoms with Crippen molar-refractivity contribution in [3.63, 3.8) is 0 Å². The molecule has 1 aromatic heterocycles. The Kier molecular flexibility index (Phi) is 3.35. The van der Waals surface area contributed by atoms with Gasteiger partial charge >= 0.3 is 0 Å². The summed E-state index contributed by atoms with van der Waals surface area (Å²) in [6.07, 6.45) is 2.33. The van der Waals surface area contributed by atoms with Crippen molar-refractivity contribution in [3.8, 4) is 28.3 Å². The van der Waals surface area contributed by atoms with Crippen LogP contribution in [0, 0.1) is 0 Å². The molecule has 0 spiro atoms. The van der Waals surface area contributed by atoms with Crippen molar-refractivity contribution >= 4 is 5.91 Å². The van der Waals surface area contributed by atoms with Gasteiger partial charge in [0.25, 0.3) is 0 Å². The summed E-state index contributed by atoms with van der Waals surface area (Å²) in [7, 11) is 0. The zero-order chi connectivity index (χ0) is 17.7. The molecule has 2 aromatic carbocycles. The lowest BCUT2D eigenvalue weighted by Crippen LogP contribution is -2.32. The van der Waals surface area contributed by atoms with Crippen LogP contribution in [-0.2, 0) is 11.2 Å². The normalized spacial score (nSPS) is 18.3. The molecule has 0 radical (unpaired) electrons. The molecule has 1 aliphatic carbocycles. The van der Waals surface area contributed by atoms with E-state index in [0.717, 1.165) is 47.5 Å². The highest BCUT2D eigenvalue weighted by atomic mass is 16.3. The second-order valence-corrected chi connectivity index (χ2v) is 7.11. The van der Waals surface area contributed by atoms with Crippen molar-refractivity contribution < 1.29 is 9.90 Å². The number of nitrogens with zero attached hydrogens (tertiary/aromatic N) is 1. The standard InChI is InChI=1S/C21H19N3O2/c25-16-5-6-17-15(9-16)10-18-20(23-24-21(17)18)13-3-1-12(2-4-13)14-7-8-22-19(26)11-14/h1-6,9,14,25H,7-8,10-11H2,(H,22,26)(H,23,24). The number of aromatic nitrogens is 2. The van der Waals surface area contributed by atoms with E-state index in [-0.39, 0.29) is 5.91 Å². The van der Waals surface area contributed by atoms with Crippen LogP contribution in [0.15, 0.2) is 42.5 Å². The molecule has 1 amide bonds. The number of carbonyl (C=O) groups is 1. The summed E-state index contributed by atoms with van der Waals surface area (Å²) in [5, 5.41) is 20.3. The van der Waals surface area contributed by atoms with E-state index in [9.17, 15) is 9.90 Å².